The van der Waals surface area contributed by atoms with Gasteiger partial charge in [-0.05, 0) is 36.2 Å². The van der Waals surface area contributed by atoms with Crippen molar-refractivity contribution in [1.29, 1.82) is 0 Å². The molecule has 3 aromatic rings. The molecule has 0 aliphatic rings. The van der Waals surface area contributed by atoms with Crippen molar-refractivity contribution < 1.29 is 9.18 Å². The van der Waals surface area contributed by atoms with E-state index in [2.05, 4.69) is 25.9 Å². The van der Waals surface area contributed by atoms with Crippen molar-refractivity contribution in [2.24, 2.45) is 0 Å². The second-order valence-electron chi connectivity index (χ2n) is 5.01. The summed E-state index contributed by atoms with van der Waals surface area (Å²) >= 11 is 0. The minimum Gasteiger partial charge on any atom is -0.325 e. The van der Waals surface area contributed by atoms with Gasteiger partial charge in [-0.2, -0.15) is 5.21 Å². The van der Waals surface area contributed by atoms with Crippen LogP contribution in [0, 0.1) is 5.82 Å². The van der Waals surface area contributed by atoms with Gasteiger partial charge in [0.2, 0.25) is 5.91 Å². The number of nitrogens with one attached hydrogen (secondary N) is 2. The van der Waals surface area contributed by atoms with E-state index in [1.54, 1.807) is 0 Å². The molecule has 23 heavy (non-hydrogen) atoms. The maximum Gasteiger partial charge on any atom is 0.235 e. The summed E-state index contributed by atoms with van der Waals surface area (Å²) in [7, 11) is 0. The van der Waals surface area contributed by atoms with Gasteiger partial charge >= 0.3 is 0 Å². The van der Waals surface area contributed by atoms with E-state index in [4.69, 9.17) is 0 Å². The number of carbonyl (C=O) groups is 1. The number of nitrogens with zero attached hydrogens (tertiary/aromatic N) is 3. The smallest absolute Gasteiger partial charge is 0.235 e. The van der Waals surface area contributed by atoms with Crippen molar-refractivity contribution in [1.82, 2.24) is 20.6 Å². The van der Waals surface area contributed by atoms with Crippen LogP contribution in [0.25, 0.3) is 0 Å². The first-order chi connectivity index (χ1) is 11.2. The van der Waals surface area contributed by atoms with Crippen LogP contribution in [0.1, 0.15) is 17.3 Å². The van der Waals surface area contributed by atoms with E-state index in [1.165, 1.54) is 24.3 Å². The predicted octanol–water partition coefficient (Wildman–Crippen LogP) is 2.30. The first kappa shape index (κ1) is 14.8. The molecule has 0 saturated carbocycles. The maximum absolute atomic E-state index is 12.9. The number of tetrazole rings is 1. The van der Waals surface area contributed by atoms with Gasteiger partial charge in [0, 0.05) is 5.69 Å². The third-order valence-electron chi connectivity index (χ3n) is 3.38. The first-order valence-electron chi connectivity index (χ1n) is 7.06. The number of hydrogen-bond donors (Lipinski definition) is 2. The van der Waals surface area contributed by atoms with Gasteiger partial charge in [-0.25, -0.2) is 4.39 Å². The summed E-state index contributed by atoms with van der Waals surface area (Å²) in [5, 5.41) is 16.5. The summed E-state index contributed by atoms with van der Waals surface area (Å²) in [5.74, 6) is -0.918. The van der Waals surface area contributed by atoms with Crippen LogP contribution in [0.3, 0.4) is 0 Å². The van der Waals surface area contributed by atoms with Gasteiger partial charge in [0.1, 0.15) is 11.7 Å². The van der Waals surface area contributed by atoms with Gasteiger partial charge in [-0.15, -0.1) is 10.2 Å². The number of amides is 1. The lowest BCUT2D eigenvalue weighted by molar-refractivity contribution is -0.117. The second-order valence-corrected chi connectivity index (χ2v) is 5.01. The number of aromatic nitrogens is 4. The molecule has 0 aliphatic carbocycles. The molecule has 6 nitrogen and oxygen atoms in total. The molecule has 3 rings (SSSR count). The van der Waals surface area contributed by atoms with Gasteiger partial charge in [0.05, 0.1) is 0 Å². The summed E-state index contributed by atoms with van der Waals surface area (Å²) in [6.45, 7) is 0. The summed E-state index contributed by atoms with van der Waals surface area (Å²) in [6, 6.07) is 15.2. The fraction of sp³-hybridized carbons (Fsp3) is 0.125. The minimum atomic E-state index is -0.596. The molecule has 0 saturated heterocycles. The van der Waals surface area contributed by atoms with Crippen molar-refractivity contribution in [3.05, 3.63) is 71.8 Å². The fourth-order valence-corrected chi connectivity index (χ4v) is 2.23. The number of rotatable bonds is 5. The van der Waals surface area contributed by atoms with Crippen LogP contribution in [0.4, 0.5) is 10.1 Å². The second kappa shape index (κ2) is 6.78. The van der Waals surface area contributed by atoms with Crippen molar-refractivity contribution in [3.63, 3.8) is 0 Å². The monoisotopic (exact) mass is 311 g/mol. The highest BCUT2D eigenvalue weighted by Crippen LogP contribution is 2.20. The molecule has 0 spiro atoms. The zero-order valence-electron chi connectivity index (χ0n) is 12.1. The summed E-state index contributed by atoms with van der Waals surface area (Å²) in [4.78, 5) is 12.6. The molecule has 7 heteroatoms. The van der Waals surface area contributed by atoms with Crippen LogP contribution < -0.4 is 5.32 Å². The van der Waals surface area contributed by atoms with Crippen LogP contribution >= 0.6 is 0 Å². The zero-order valence-corrected chi connectivity index (χ0v) is 12.1. The van der Waals surface area contributed by atoms with Gasteiger partial charge < -0.3 is 5.32 Å². The molecular weight excluding hydrogens is 297 g/mol. The Balaban J connectivity index is 1.80. The quantitative estimate of drug-likeness (QED) is 0.757. The lowest BCUT2D eigenvalue weighted by Gasteiger charge is -2.13. The molecule has 1 aromatic heterocycles. The van der Waals surface area contributed by atoms with E-state index in [9.17, 15) is 9.18 Å². The Bertz CT molecular complexity index is 759. The van der Waals surface area contributed by atoms with Crippen LogP contribution in [0.5, 0.6) is 0 Å². The van der Waals surface area contributed by atoms with E-state index in [1.807, 2.05) is 30.3 Å². The number of H-pyrrole nitrogens is 1. The van der Waals surface area contributed by atoms with Gasteiger partial charge in [-0.1, -0.05) is 35.5 Å². The Morgan fingerprint density at radius 3 is 2.52 bits per heavy atom. The number of benzene rings is 2. The third kappa shape index (κ3) is 3.76. The van der Waals surface area contributed by atoms with E-state index in [0.717, 1.165) is 5.56 Å². The highest BCUT2D eigenvalue weighted by Gasteiger charge is 2.25. The maximum atomic E-state index is 12.9. The Labute approximate surface area is 131 Å². The van der Waals surface area contributed by atoms with Crippen LogP contribution in [-0.4, -0.2) is 26.5 Å². The molecular formula is C16H14FN5O. The molecule has 1 amide bonds. The Morgan fingerprint density at radius 1 is 1.13 bits per heavy atom. The Hall–Kier alpha value is -3.09. The van der Waals surface area contributed by atoms with Crippen LogP contribution in [0.15, 0.2) is 54.6 Å². The molecule has 1 atom stereocenters. The number of hydrogen-bond acceptors (Lipinski definition) is 4. The van der Waals surface area contributed by atoms with Gasteiger partial charge in [0.25, 0.3) is 0 Å². The van der Waals surface area contributed by atoms with Gasteiger partial charge in [0.15, 0.2) is 5.82 Å². The lowest BCUT2D eigenvalue weighted by Crippen LogP contribution is -2.24. The Morgan fingerprint density at radius 2 is 1.87 bits per heavy atom. The molecule has 0 bridgehead atoms. The number of anilines is 1. The average molecular weight is 311 g/mol. The lowest BCUT2D eigenvalue weighted by atomic mass is 9.97. The minimum absolute atomic E-state index is 0.276. The third-order valence-corrected chi connectivity index (χ3v) is 3.38. The Kier molecular flexibility index (Phi) is 4.37. The molecule has 0 fully saturated rings. The first-order valence-corrected chi connectivity index (χ1v) is 7.06. The summed E-state index contributed by atoms with van der Waals surface area (Å²) in [5.41, 5.74) is 1.49. The molecule has 0 radical (unpaired) electrons. The normalized spacial score (nSPS) is 11.9. The standard InChI is InChI=1S/C16H14FN5O/c17-12-6-8-13(9-7-12)18-16(23)14(15-19-21-22-20-15)10-11-4-2-1-3-5-11/h1-9,14H,10H2,(H,18,23)(H,19,20,21,22)/t14-/m1/s1. The average Bonchev–Trinajstić information content (AvgIpc) is 3.10. The highest BCUT2D eigenvalue weighted by molar-refractivity contribution is 5.95. The topological polar surface area (TPSA) is 83.6 Å². The highest BCUT2D eigenvalue weighted by atomic mass is 19.1. The number of carbonyl (C=O) groups excluding carboxylic acids is 1. The summed E-state index contributed by atoms with van der Waals surface area (Å²) in [6.07, 6.45) is 0.438. The molecule has 0 aliphatic heterocycles. The van der Waals surface area contributed by atoms with Crippen molar-refractivity contribution >= 4 is 11.6 Å². The van der Waals surface area contributed by atoms with Gasteiger partial charge in [-0.3, -0.25) is 4.79 Å². The van der Waals surface area contributed by atoms with E-state index in [-0.39, 0.29) is 11.7 Å². The van der Waals surface area contributed by atoms with E-state index >= 15 is 0 Å². The van der Waals surface area contributed by atoms with Crippen LogP contribution in [0.2, 0.25) is 0 Å². The molecule has 0 unspecified atom stereocenters. The largest absolute Gasteiger partial charge is 0.325 e. The number of aromatic amines is 1. The zero-order chi connectivity index (χ0) is 16.1. The van der Waals surface area contributed by atoms with E-state index in [0.29, 0.717) is 17.9 Å². The predicted molar refractivity (Wildman–Crippen MR) is 82.1 cm³/mol. The summed E-state index contributed by atoms with van der Waals surface area (Å²) < 4.78 is 12.9. The molecule has 1 heterocycles. The number of halogens is 1. The molecule has 2 N–H and O–H groups in total. The fourth-order valence-electron chi connectivity index (χ4n) is 2.23. The molecule has 116 valence electrons. The van der Waals surface area contributed by atoms with E-state index < -0.39 is 5.92 Å². The molecule has 2 aromatic carbocycles. The SMILES string of the molecule is O=C(Nc1ccc(F)cc1)[C@H](Cc1ccccc1)c1nn[nH]n1. The van der Waals surface area contributed by atoms with Crippen molar-refractivity contribution in [3.8, 4) is 0 Å². The van der Waals surface area contributed by atoms with Crippen molar-refractivity contribution in [2.75, 3.05) is 5.32 Å². The van der Waals surface area contributed by atoms with Crippen LogP contribution in [-0.2, 0) is 11.2 Å². The van der Waals surface area contributed by atoms with Crippen molar-refractivity contribution in [2.45, 2.75) is 12.3 Å².